The molecule has 1 aromatic heterocycles. The summed E-state index contributed by atoms with van der Waals surface area (Å²) in [7, 11) is 0. The van der Waals surface area contributed by atoms with Crippen LogP contribution in [0.4, 0.5) is 15.9 Å². The lowest BCUT2D eigenvalue weighted by Crippen LogP contribution is -2.00. The summed E-state index contributed by atoms with van der Waals surface area (Å²) in [5.41, 5.74) is 9.08. The maximum Gasteiger partial charge on any atom is 0.222 e. The Morgan fingerprint density at radius 1 is 1.14 bits per heavy atom. The van der Waals surface area contributed by atoms with Gasteiger partial charge in [-0.05, 0) is 25.1 Å². The lowest BCUT2D eigenvalue weighted by molar-refractivity contribution is 0.634. The van der Waals surface area contributed by atoms with Crippen LogP contribution in [0.1, 0.15) is 5.56 Å². The summed E-state index contributed by atoms with van der Waals surface area (Å²) in [5.74, 6) is -0.201. The predicted molar refractivity (Wildman–Crippen MR) is 84.4 cm³/mol. The lowest BCUT2D eigenvalue weighted by atomic mass is 10.1. The average molecular weight is 292 g/mol. The topological polar surface area (TPSA) is 48.2 Å². The first-order valence-corrected chi connectivity index (χ1v) is 6.68. The van der Waals surface area contributed by atoms with E-state index in [4.69, 9.17) is 12.3 Å². The molecule has 0 amide bonds. The fraction of sp³-hybridized carbons (Fsp3) is 0.0588. The number of nitrogens with two attached hydrogens (primary N) is 1. The molecule has 0 saturated heterocycles. The zero-order valence-electron chi connectivity index (χ0n) is 11.9. The zero-order chi connectivity index (χ0) is 15.7. The second kappa shape index (κ2) is 5.34. The van der Waals surface area contributed by atoms with Crippen molar-refractivity contribution in [3.05, 3.63) is 71.3 Å². The minimum absolute atomic E-state index is 0.00174. The third kappa shape index (κ3) is 2.42. The van der Waals surface area contributed by atoms with Gasteiger partial charge in [-0.25, -0.2) is 13.9 Å². The summed E-state index contributed by atoms with van der Waals surface area (Å²) >= 11 is 0. The molecular formula is C17H13FN4. The van der Waals surface area contributed by atoms with E-state index >= 15 is 0 Å². The van der Waals surface area contributed by atoms with E-state index < -0.39 is 5.82 Å². The van der Waals surface area contributed by atoms with Gasteiger partial charge in [0.05, 0.1) is 18.0 Å². The van der Waals surface area contributed by atoms with Gasteiger partial charge >= 0.3 is 0 Å². The van der Waals surface area contributed by atoms with Gasteiger partial charge in [0.2, 0.25) is 5.69 Å². The molecule has 0 spiro atoms. The average Bonchev–Trinajstić information content (AvgIpc) is 2.90. The van der Waals surface area contributed by atoms with Crippen molar-refractivity contribution in [2.75, 3.05) is 5.73 Å². The maximum absolute atomic E-state index is 13.9. The maximum atomic E-state index is 13.9. The molecular weight excluding hydrogens is 279 g/mol. The van der Waals surface area contributed by atoms with Crippen LogP contribution < -0.4 is 5.73 Å². The van der Waals surface area contributed by atoms with E-state index in [2.05, 4.69) is 9.94 Å². The molecule has 0 aliphatic rings. The number of aromatic nitrogens is 2. The van der Waals surface area contributed by atoms with Gasteiger partial charge in [-0.1, -0.05) is 29.8 Å². The van der Waals surface area contributed by atoms with Gasteiger partial charge in [0.25, 0.3) is 0 Å². The lowest BCUT2D eigenvalue weighted by Gasteiger charge is -2.08. The summed E-state index contributed by atoms with van der Waals surface area (Å²) in [6.45, 7) is 8.91. The van der Waals surface area contributed by atoms with Crippen molar-refractivity contribution in [1.29, 1.82) is 0 Å². The summed E-state index contributed by atoms with van der Waals surface area (Å²) in [4.78, 5) is 3.13. The quantitative estimate of drug-likeness (QED) is 0.722. The number of rotatable bonds is 2. The summed E-state index contributed by atoms with van der Waals surface area (Å²) in [5, 5.41) is 4.27. The number of nitrogen functional groups attached to an aromatic ring is 1. The van der Waals surface area contributed by atoms with Crippen LogP contribution in [0.3, 0.4) is 0 Å². The Hall–Kier alpha value is -3.13. The van der Waals surface area contributed by atoms with E-state index in [1.807, 2.05) is 31.2 Å². The van der Waals surface area contributed by atoms with Crippen molar-refractivity contribution in [3.8, 4) is 16.9 Å². The molecule has 2 aromatic carbocycles. The van der Waals surface area contributed by atoms with Crippen LogP contribution in [0, 0.1) is 19.3 Å². The standard InChI is InChI=1S/C17H13FN4/c1-11-3-6-13(7-4-11)22-16(10-17(19)21-22)12-5-8-15(20-2)14(18)9-12/h3-10H,1H3,(H2,19,21). The van der Waals surface area contributed by atoms with Gasteiger partial charge in [0.1, 0.15) is 11.6 Å². The highest BCUT2D eigenvalue weighted by Gasteiger charge is 2.12. The Balaban J connectivity index is 2.14. The minimum Gasteiger partial charge on any atom is -0.382 e. The Kier molecular flexibility index (Phi) is 3.36. The largest absolute Gasteiger partial charge is 0.382 e. The highest BCUT2D eigenvalue weighted by atomic mass is 19.1. The van der Waals surface area contributed by atoms with Gasteiger partial charge in [0.15, 0.2) is 0 Å². The van der Waals surface area contributed by atoms with Gasteiger partial charge in [0, 0.05) is 11.6 Å². The SMILES string of the molecule is [C-]#[N+]c1ccc(-c2cc(N)nn2-c2ccc(C)cc2)cc1F. The van der Waals surface area contributed by atoms with Crippen LogP contribution in [0.25, 0.3) is 21.8 Å². The number of benzene rings is 2. The summed E-state index contributed by atoms with van der Waals surface area (Å²) in [6.07, 6.45) is 0. The van der Waals surface area contributed by atoms with Crippen molar-refractivity contribution >= 4 is 11.5 Å². The van der Waals surface area contributed by atoms with Crippen LogP contribution in [0.2, 0.25) is 0 Å². The first-order chi connectivity index (χ1) is 10.6. The van der Waals surface area contributed by atoms with Crippen LogP contribution in [-0.2, 0) is 0 Å². The van der Waals surface area contributed by atoms with Crippen molar-refractivity contribution in [3.63, 3.8) is 0 Å². The third-order valence-corrected chi connectivity index (χ3v) is 3.37. The molecule has 22 heavy (non-hydrogen) atoms. The molecule has 4 nitrogen and oxygen atoms in total. The second-order valence-electron chi connectivity index (χ2n) is 4.98. The van der Waals surface area contributed by atoms with Crippen LogP contribution in [0.5, 0.6) is 0 Å². The van der Waals surface area contributed by atoms with E-state index in [0.29, 0.717) is 17.1 Å². The fourth-order valence-corrected chi connectivity index (χ4v) is 2.24. The molecule has 0 aliphatic heterocycles. The highest BCUT2D eigenvalue weighted by molar-refractivity contribution is 5.68. The first kappa shape index (κ1) is 13.8. The molecule has 2 N–H and O–H groups in total. The van der Waals surface area contributed by atoms with Crippen LogP contribution >= 0.6 is 0 Å². The Morgan fingerprint density at radius 2 is 1.86 bits per heavy atom. The molecule has 0 fully saturated rings. The number of hydrogen-bond acceptors (Lipinski definition) is 2. The smallest absolute Gasteiger partial charge is 0.222 e. The molecule has 3 rings (SSSR count). The number of anilines is 1. The van der Waals surface area contributed by atoms with Crippen molar-refractivity contribution in [1.82, 2.24) is 9.78 Å². The fourth-order valence-electron chi connectivity index (χ4n) is 2.24. The predicted octanol–water partition coefficient (Wildman–Crippen LogP) is 4.12. The van der Waals surface area contributed by atoms with Crippen molar-refractivity contribution in [2.45, 2.75) is 6.92 Å². The molecule has 0 unspecified atom stereocenters. The molecule has 0 saturated carbocycles. The second-order valence-corrected chi connectivity index (χ2v) is 4.98. The monoisotopic (exact) mass is 292 g/mol. The van der Waals surface area contributed by atoms with Gasteiger partial charge in [-0.2, -0.15) is 5.10 Å². The molecule has 3 aromatic rings. The molecule has 108 valence electrons. The Bertz CT molecular complexity index is 873. The molecule has 0 radical (unpaired) electrons. The first-order valence-electron chi connectivity index (χ1n) is 6.68. The third-order valence-electron chi connectivity index (χ3n) is 3.37. The molecule has 0 bridgehead atoms. The van der Waals surface area contributed by atoms with E-state index in [1.165, 1.54) is 12.1 Å². The van der Waals surface area contributed by atoms with E-state index in [1.54, 1.807) is 16.8 Å². The van der Waals surface area contributed by atoms with E-state index in [-0.39, 0.29) is 5.69 Å². The van der Waals surface area contributed by atoms with Gasteiger partial charge < -0.3 is 5.73 Å². The van der Waals surface area contributed by atoms with Crippen molar-refractivity contribution in [2.24, 2.45) is 0 Å². The van der Waals surface area contributed by atoms with Gasteiger partial charge in [-0.3, -0.25) is 0 Å². The molecule has 0 atom stereocenters. The summed E-state index contributed by atoms with van der Waals surface area (Å²) in [6, 6.07) is 14.0. The number of halogens is 1. The van der Waals surface area contributed by atoms with E-state index in [9.17, 15) is 4.39 Å². The van der Waals surface area contributed by atoms with Crippen LogP contribution in [-0.4, -0.2) is 9.78 Å². The number of aryl methyl sites for hydroxylation is 1. The number of nitrogens with zero attached hydrogens (tertiary/aromatic N) is 3. The zero-order valence-corrected chi connectivity index (χ0v) is 11.9. The van der Waals surface area contributed by atoms with Gasteiger partial charge in [-0.15, -0.1) is 0 Å². The van der Waals surface area contributed by atoms with Crippen molar-refractivity contribution < 1.29 is 4.39 Å². The minimum atomic E-state index is -0.553. The van der Waals surface area contributed by atoms with Crippen LogP contribution in [0.15, 0.2) is 48.5 Å². The highest BCUT2D eigenvalue weighted by Crippen LogP contribution is 2.29. The number of hydrogen-bond donors (Lipinski definition) is 1. The summed E-state index contributed by atoms with van der Waals surface area (Å²) < 4.78 is 15.5. The van der Waals surface area contributed by atoms with E-state index in [0.717, 1.165) is 11.3 Å². The normalized spacial score (nSPS) is 10.4. The molecule has 1 heterocycles. The Morgan fingerprint density at radius 3 is 2.50 bits per heavy atom. The molecule has 5 heteroatoms. The molecule has 0 aliphatic carbocycles. The Labute approximate surface area is 127 Å².